The van der Waals surface area contributed by atoms with Gasteiger partial charge in [0.05, 0.1) is 6.26 Å². The van der Waals surface area contributed by atoms with Crippen molar-refractivity contribution in [2.75, 3.05) is 13.1 Å². The second-order valence-corrected chi connectivity index (χ2v) is 5.21. The summed E-state index contributed by atoms with van der Waals surface area (Å²) in [6.07, 6.45) is 1.43. The molecule has 0 radical (unpaired) electrons. The van der Waals surface area contributed by atoms with Gasteiger partial charge >= 0.3 is 0 Å². The Morgan fingerprint density at radius 2 is 1.76 bits per heavy atom. The Hall–Kier alpha value is -3.42. The van der Waals surface area contributed by atoms with Gasteiger partial charge in [-0.25, -0.2) is 0 Å². The molecule has 0 spiro atoms. The van der Waals surface area contributed by atoms with Gasteiger partial charge in [-0.05, 0) is 43.3 Å². The van der Waals surface area contributed by atoms with Crippen molar-refractivity contribution >= 4 is 11.8 Å². The second kappa shape index (κ2) is 7.43. The van der Waals surface area contributed by atoms with Crippen LogP contribution in [0.1, 0.15) is 26.7 Å². The number of carbonyl (C=O) groups is 2. The first kappa shape index (κ1) is 16.4. The minimum atomic E-state index is -0.321. The first-order chi connectivity index (χ1) is 12.1. The van der Waals surface area contributed by atoms with Gasteiger partial charge in [0.25, 0.3) is 17.7 Å². The van der Waals surface area contributed by atoms with Gasteiger partial charge < -0.3 is 19.6 Å². The summed E-state index contributed by atoms with van der Waals surface area (Å²) in [5, 5.41) is 9.10. The lowest BCUT2D eigenvalue weighted by Gasteiger charge is -2.06. The highest BCUT2D eigenvalue weighted by Crippen LogP contribution is 2.17. The molecule has 8 heteroatoms. The maximum atomic E-state index is 12.1. The lowest BCUT2D eigenvalue weighted by Crippen LogP contribution is -2.34. The normalized spacial score (nSPS) is 10.4. The molecule has 0 aliphatic carbocycles. The van der Waals surface area contributed by atoms with Crippen molar-refractivity contribution in [1.82, 2.24) is 20.8 Å². The molecule has 25 heavy (non-hydrogen) atoms. The number of nitrogens with one attached hydrogen (secondary N) is 2. The predicted octanol–water partition coefficient (Wildman–Crippen LogP) is 1.80. The third-order valence-corrected chi connectivity index (χ3v) is 3.36. The standard InChI is InChI=1S/C17H16N4O4/c1-11-20-17(25-21-11)13-6-4-12(5-7-13)15(22)18-8-9-19-16(23)14-3-2-10-24-14/h2-7,10H,8-9H2,1H3,(H,18,22)(H,19,23). The van der Waals surface area contributed by atoms with Crippen LogP contribution in [0.5, 0.6) is 0 Å². The monoisotopic (exact) mass is 340 g/mol. The van der Waals surface area contributed by atoms with E-state index in [1.807, 2.05) is 0 Å². The van der Waals surface area contributed by atoms with Crippen LogP contribution in [0.15, 0.2) is 51.6 Å². The molecule has 2 amide bonds. The summed E-state index contributed by atoms with van der Waals surface area (Å²) in [6.45, 7) is 2.33. The molecule has 128 valence electrons. The molecule has 8 nitrogen and oxygen atoms in total. The molecule has 2 N–H and O–H groups in total. The number of nitrogens with zero attached hydrogens (tertiary/aromatic N) is 2. The number of hydrogen-bond acceptors (Lipinski definition) is 6. The Kier molecular flexibility index (Phi) is 4.89. The van der Waals surface area contributed by atoms with Crippen molar-refractivity contribution in [3.63, 3.8) is 0 Å². The van der Waals surface area contributed by atoms with Gasteiger partial charge in [-0.3, -0.25) is 9.59 Å². The molecule has 0 saturated heterocycles. The molecular formula is C17H16N4O4. The van der Waals surface area contributed by atoms with E-state index < -0.39 is 0 Å². The molecule has 3 rings (SSSR count). The van der Waals surface area contributed by atoms with Crippen LogP contribution < -0.4 is 10.6 Å². The number of amides is 2. The summed E-state index contributed by atoms with van der Waals surface area (Å²) in [5.74, 6) is 0.635. The Morgan fingerprint density at radius 3 is 2.36 bits per heavy atom. The number of carbonyl (C=O) groups excluding carboxylic acids is 2. The van der Waals surface area contributed by atoms with E-state index in [0.717, 1.165) is 5.56 Å². The first-order valence-corrected chi connectivity index (χ1v) is 7.64. The number of furan rings is 1. The van der Waals surface area contributed by atoms with Crippen LogP contribution in [-0.4, -0.2) is 35.0 Å². The fourth-order valence-electron chi connectivity index (χ4n) is 2.13. The van der Waals surface area contributed by atoms with Gasteiger partial charge in [0.1, 0.15) is 0 Å². The van der Waals surface area contributed by atoms with Crippen LogP contribution in [0.3, 0.4) is 0 Å². The molecule has 0 saturated carbocycles. The van der Waals surface area contributed by atoms with Crippen LogP contribution in [-0.2, 0) is 0 Å². The van der Waals surface area contributed by atoms with Crippen LogP contribution in [0.2, 0.25) is 0 Å². The molecular weight excluding hydrogens is 324 g/mol. The van der Waals surface area contributed by atoms with E-state index in [1.165, 1.54) is 6.26 Å². The number of rotatable bonds is 6. The highest BCUT2D eigenvalue weighted by molar-refractivity contribution is 5.94. The summed E-state index contributed by atoms with van der Waals surface area (Å²) in [5.41, 5.74) is 1.24. The first-order valence-electron chi connectivity index (χ1n) is 7.64. The quantitative estimate of drug-likeness (QED) is 0.662. The van der Waals surface area contributed by atoms with Crippen LogP contribution in [0.4, 0.5) is 0 Å². The second-order valence-electron chi connectivity index (χ2n) is 5.21. The van der Waals surface area contributed by atoms with E-state index in [-0.39, 0.29) is 17.6 Å². The van der Waals surface area contributed by atoms with Crippen molar-refractivity contribution in [2.45, 2.75) is 6.92 Å². The molecule has 0 atom stereocenters. The molecule has 0 unspecified atom stereocenters. The SMILES string of the molecule is Cc1noc(-c2ccc(C(=O)NCCNC(=O)c3ccco3)cc2)n1. The third kappa shape index (κ3) is 4.11. The topological polar surface area (TPSA) is 110 Å². The van der Waals surface area contributed by atoms with E-state index >= 15 is 0 Å². The largest absolute Gasteiger partial charge is 0.459 e. The van der Waals surface area contributed by atoms with Crippen molar-refractivity contribution < 1.29 is 18.5 Å². The van der Waals surface area contributed by atoms with E-state index in [1.54, 1.807) is 43.3 Å². The van der Waals surface area contributed by atoms with Crippen molar-refractivity contribution in [1.29, 1.82) is 0 Å². The summed E-state index contributed by atoms with van der Waals surface area (Å²) in [6, 6.07) is 10.0. The minimum absolute atomic E-state index is 0.234. The maximum Gasteiger partial charge on any atom is 0.287 e. The molecule has 2 aromatic heterocycles. The highest BCUT2D eigenvalue weighted by atomic mass is 16.5. The van der Waals surface area contributed by atoms with Gasteiger partial charge in [-0.2, -0.15) is 4.98 Å². The lowest BCUT2D eigenvalue weighted by atomic mass is 10.1. The van der Waals surface area contributed by atoms with Crippen LogP contribution in [0.25, 0.3) is 11.5 Å². The summed E-state index contributed by atoms with van der Waals surface area (Å²) >= 11 is 0. The maximum absolute atomic E-state index is 12.1. The van der Waals surface area contributed by atoms with Gasteiger partial charge in [0.2, 0.25) is 0 Å². The zero-order valence-corrected chi connectivity index (χ0v) is 13.5. The molecule has 0 aliphatic rings. The molecule has 0 aliphatic heterocycles. The Morgan fingerprint density at radius 1 is 1.04 bits per heavy atom. The van der Waals surface area contributed by atoms with E-state index in [9.17, 15) is 9.59 Å². The Labute approximate surface area is 143 Å². The summed E-state index contributed by atoms with van der Waals surface area (Å²) in [4.78, 5) is 27.9. The number of aromatic nitrogens is 2. The smallest absolute Gasteiger partial charge is 0.287 e. The van der Waals surface area contributed by atoms with Crippen LogP contribution in [0, 0.1) is 6.92 Å². The average Bonchev–Trinajstić information content (AvgIpc) is 3.30. The predicted molar refractivity (Wildman–Crippen MR) is 87.8 cm³/mol. The van der Waals surface area contributed by atoms with Crippen molar-refractivity contribution in [3.05, 3.63) is 59.8 Å². The van der Waals surface area contributed by atoms with Crippen molar-refractivity contribution in [3.8, 4) is 11.5 Å². The fourth-order valence-corrected chi connectivity index (χ4v) is 2.13. The molecule has 2 heterocycles. The fraction of sp³-hybridized carbons (Fsp3) is 0.176. The van der Waals surface area contributed by atoms with E-state index in [4.69, 9.17) is 8.94 Å². The lowest BCUT2D eigenvalue weighted by molar-refractivity contribution is 0.0910. The molecule has 0 bridgehead atoms. The number of benzene rings is 1. The summed E-state index contributed by atoms with van der Waals surface area (Å²) in [7, 11) is 0. The van der Waals surface area contributed by atoms with Crippen molar-refractivity contribution in [2.24, 2.45) is 0 Å². The molecule has 0 fully saturated rings. The van der Waals surface area contributed by atoms with Gasteiger partial charge in [0.15, 0.2) is 11.6 Å². The van der Waals surface area contributed by atoms with Gasteiger partial charge in [-0.15, -0.1) is 0 Å². The zero-order chi connectivity index (χ0) is 17.6. The minimum Gasteiger partial charge on any atom is -0.459 e. The summed E-state index contributed by atoms with van der Waals surface area (Å²) < 4.78 is 10.0. The van der Waals surface area contributed by atoms with Gasteiger partial charge in [0, 0.05) is 24.2 Å². The Bertz CT molecular complexity index is 853. The number of aryl methyl sites for hydroxylation is 1. The van der Waals surface area contributed by atoms with E-state index in [0.29, 0.717) is 30.4 Å². The number of hydrogen-bond donors (Lipinski definition) is 2. The van der Waals surface area contributed by atoms with Gasteiger partial charge in [-0.1, -0.05) is 5.16 Å². The third-order valence-electron chi connectivity index (χ3n) is 3.36. The zero-order valence-electron chi connectivity index (χ0n) is 13.5. The van der Waals surface area contributed by atoms with E-state index in [2.05, 4.69) is 20.8 Å². The molecule has 1 aromatic carbocycles. The molecule has 3 aromatic rings. The van der Waals surface area contributed by atoms with Crippen LogP contribution >= 0.6 is 0 Å². The average molecular weight is 340 g/mol. The highest BCUT2D eigenvalue weighted by Gasteiger charge is 2.10. The Balaban J connectivity index is 1.47.